The van der Waals surface area contributed by atoms with Gasteiger partial charge >= 0.3 is 0 Å². The predicted octanol–water partition coefficient (Wildman–Crippen LogP) is 3.40. The second-order valence-corrected chi connectivity index (χ2v) is 9.69. The first-order chi connectivity index (χ1) is 13.9. The number of rotatable bonds is 5. The summed E-state index contributed by atoms with van der Waals surface area (Å²) >= 11 is 0. The number of amides is 1. The smallest absolute Gasteiger partial charge is 0.229 e. The van der Waals surface area contributed by atoms with Crippen LogP contribution in [0.25, 0.3) is 11.1 Å². The van der Waals surface area contributed by atoms with Crippen molar-refractivity contribution in [3.8, 4) is 11.1 Å². The van der Waals surface area contributed by atoms with E-state index < -0.39 is 9.84 Å². The Bertz CT molecular complexity index is 1120. The first-order valence-corrected chi connectivity index (χ1v) is 11.4. The van der Waals surface area contributed by atoms with Gasteiger partial charge in [0, 0.05) is 6.07 Å². The summed E-state index contributed by atoms with van der Waals surface area (Å²) in [5.41, 5.74) is 3.89. The average Bonchev–Trinajstić information content (AvgIpc) is 3.24. The zero-order valence-corrected chi connectivity index (χ0v) is 17.0. The number of hydrogen-bond acceptors (Lipinski definition) is 4. The van der Waals surface area contributed by atoms with Gasteiger partial charge in [-0.3, -0.25) is 4.79 Å². The Labute approximate surface area is 170 Å². The van der Waals surface area contributed by atoms with E-state index in [1.54, 1.807) is 10.7 Å². The van der Waals surface area contributed by atoms with Crippen molar-refractivity contribution in [3.05, 3.63) is 71.9 Å². The molecule has 4 rings (SSSR count). The van der Waals surface area contributed by atoms with Crippen LogP contribution >= 0.6 is 0 Å². The number of hydrogen-bond donors (Lipinski definition) is 1. The number of anilines is 1. The van der Waals surface area contributed by atoms with Crippen molar-refractivity contribution in [3.63, 3.8) is 0 Å². The topological polar surface area (TPSA) is 81.1 Å². The summed E-state index contributed by atoms with van der Waals surface area (Å²) < 4.78 is 25.2. The zero-order chi connectivity index (χ0) is 20.4. The van der Waals surface area contributed by atoms with Gasteiger partial charge in [-0.05, 0) is 30.0 Å². The highest BCUT2D eigenvalue weighted by molar-refractivity contribution is 7.91. The Morgan fingerprint density at radius 3 is 2.45 bits per heavy atom. The van der Waals surface area contributed by atoms with Gasteiger partial charge in [-0.25, -0.2) is 13.1 Å². The molecule has 29 heavy (non-hydrogen) atoms. The quantitative estimate of drug-likeness (QED) is 0.700. The molecule has 1 N–H and O–H groups in total. The number of nitrogens with zero attached hydrogens (tertiary/aromatic N) is 2. The molecule has 1 saturated heterocycles. The molecule has 0 unspecified atom stereocenters. The maximum atomic E-state index is 12.6. The van der Waals surface area contributed by atoms with Crippen molar-refractivity contribution in [2.45, 2.75) is 25.8 Å². The summed E-state index contributed by atoms with van der Waals surface area (Å²) in [5.74, 6) is 0.630. The van der Waals surface area contributed by atoms with Gasteiger partial charge in [0.2, 0.25) is 5.91 Å². The second-order valence-electron chi connectivity index (χ2n) is 7.46. The van der Waals surface area contributed by atoms with Crippen LogP contribution in [0.1, 0.15) is 23.7 Å². The lowest BCUT2D eigenvalue weighted by Crippen LogP contribution is -2.20. The Kier molecular flexibility index (Phi) is 5.24. The van der Waals surface area contributed by atoms with E-state index in [0.717, 1.165) is 22.4 Å². The van der Waals surface area contributed by atoms with Crippen molar-refractivity contribution in [2.75, 3.05) is 16.8 Å². The summed E-state index contributed by atoms with van der Waals surface area (Å²) in [7, 11) is -3.03. The molecule has 1 fully saturated rings. The predicted molar refractivity (Wildman–Crippen MR) is 113 cm³/mol. The molecular weight excluding hydrogens is 386 g/mol. The fraction of sp³-hybridized carbons (Fsp3) is 0.273. The number of nitrogens with one attached hydrogen (secondary N) is 1. The van der Waals surface area contributed by atoms with E-state index in [2.05, 4.69) is 22.5 Å². The van der Waals surface area contributed by atoms with E-state index in [1.807, 2.05) is 49.4 Å². The Morgan fingerprint density at radius 2 is 1.79 bits per heavy atom. The Morgan fingerprint density at radius 1 is 1.10 bits per heavy atom. The Balaban J connectivity index is 1.44. The fourth-order valence-electron chi connectivity index (χ4n) is 3.67. The minimum atomic E-state index is -3.03. The molecule has 3 aromatic rings. The van der Waals surface area contributed by atoms with Crippen molar-refractivity contribution >= 4 is 21.6 Å². The number of benzene rings is 2. The van der Waals surface area contributed by atoms with Crippen LogP contribution in [-0.2, 0) is 21.1 Å². The van der Waals surface area contributed by atoms with Crippen molar-refractivity contribution in [1.82, 2.24) is 9.78 Å². The number of aromatic nitrogens is 2. The van der Waals surface area contributed by atoms with E-state index in [9.17, 15) is 13.2 Å². The van der Waals surface area contributed by atoms with Gasteiger partial charge in [0.1, 0.15) is 5.82 Å². The molecule has 2 aromatic carbocycles. The fourth-order valence-corrected chi connectivity index (χ4v) is 5.37. The van der Waals surface area contributed by atoms with Crippen LogP contribution in [-0.4, -0.2) is 35.6 Å². The van der Waals surface area contributed by atoms with Crippen LogP contribution in [0.3, 0.4) is 0 Å². The van der Waals surface area contributed by atoms with Gasteiger partial charge < -0.3 is 5.32 Å². The first kappa shape index (κ1) is 19.4. The largest absolute Gasteiger partial charge is 0.311 e. The van der Waals surface area contributed by atoms with Gasteiger partial charge in [0.15, 0.2) is 9.84 Å². The maximum Gasteiger partial charge on any atom is 0.229 e. The first-order valence-electron chi connectivity index (χ1n) is 9.60. The summed E-state index contributed by atoms with van der Waals surface area (Å²) in [5, 5.41) is 7.30. The van der Waals surface area contributed by atoms with Gasteiger partial charge in [-0.1, -0.05) is 54.6 Å². The van der Waals surface area contributed by atoms with Gasteiger partial charge in [-0.2, -0.15) is 5.10 Å². The minimum Gasteiger partial charge on any atom is -0.311 e. The molecule has 0 bridgehead atoms. The summed E-state index contributed by atoms with van der Waals surface area (Å²) in [6, 6.07) is 19.6. The highest BCUT2D eigenvalue weighted by Gasteiger charge is 2.31. The number of carbonyl (C=O) groups is 1. The molecule has 1 atom stereocenters. The summed E-state index contributed by atoms with van der Waals surface area (Å²) in [4.78, 5) is 12.6. The van der Waals surface area contributed by atoms with E-state index in [-0.39, 0.29) is 29.9 Å². The van der Waals surface area contributed by atoms with Crippen LogP contribution in [0.4, 0.5) is 5.82 Å². The molecule has 1 amide bonds. The van der Waals surface area contributed by atoms with Crippen molar-refractivity contribution in [1.29, 1.82) is 0 Å². The van der Waals surface area contributed by atoms with Gasteiger partial charge in [0.05, 0.1) is 29.7 Å². The average molecular weight is 410 g/mol. The lowest BCUT2D eigenvalue weighted by atomic mass is 10.0. The highest BCUT2D eigenvalue weighted by atomic mass is 32.2. The van der Waals surface area contributed by atoms with E-state index in [4.69, 9.17) is 0 Å². The van der Waals surface area contributed by atoms with E-state index >= 15 is 0 Å². The molecule has 6 nitrogen and oxygen atoms in total. The molecule has 0 aliphatic carbocycles. The third kappa shape index (κ3) is 4.56. The third-order valence-electron chi connectivity index (χ3n) is 5.11. The van der Waals surface area contributed by atoms with E-state index in [1.165, 1.54) is 0 Å². The molecule has 0 spiro atoms. The van der Waals surface area contributed by atoms with Crippen LogP contribution in [0.15, 0.2) is 60.7 Å². The molecule has 150 valence electrons. The Hall–Kier alpha value is -2.93. The molecule has 2 heterocycles. The van der Waals surface area contributed by atoms with Crippen molar-refractivity contribution in [2.24, 2.45) is 0 Å². The van der Waals surface area contributed by atoms with Gasteiger partial charge in [-0.15, -0.1) is 0 Å². The molecule has 0 saturated carbocycles. The lowest BCUT2D eigenvalue weighted by Gasteiger charge is -2.14. The summed E-state index contributed by atoms with van der Waals surface area (Å²) in [6.45, 7) is 1.83. The van der Waals surface area contributed by atoms with Crippen LogP contribution < -0.4 is 5.32 Å². The molecule has 7 heteroatoms. The third-order valence-corrected chi connectivity index (χ3v) is 6.86. The monoisotopic (exact) mass is 409 g/mol. The minimum absolute atomic E-state index is 0.0674. The molecule has 1 aliphatic rings. The number of sulfone groups is 1. The lowest BCUT2D eigenvalue weighted by molar-refractivity contribution is -0.115. The molecular formula is C22H23N3O3S. The van der Waals surface area contributed by atoms with E-state index in [0.29, 0.717) is 12.2 Å². The highest BCUT2D eigenvalue weighted by Crippen LogP contribution is 2.27. The van der Waals surface area contributed by atoms with Crippen LogP contribution in [0, 0.1) is 6.92 Å². The molecule has 1 aliphatic heterocycles. The standard InChI is InChI=1S/C22H23N3O3S/c1-16-13-21(25(24-16)20-11-12-29(27,28)15-20)23-22(26)14-17-7-9-19(10-8-17)18-5-3-2-4-6-18/h2-10,13,20H,11-12,14-15H2,1H3,(H,23,26)/t20-/m0/s1. The maximum absolute atomic E-state index is 12.6. The van der Waals surface area contributed by atoms with Crippen LogP contribution in [0.2, 0.25) is 0 Å². The zero-order valence-electron chi connectivity index (χ0n) is 16.2. The summed E-state index contributed by atoms with van der Waals surface area (Å²) in [6.07, 6.45) is 0.759. The number of carbonyl (C=O) groups excluding carboxylic acids is 1. The molecule has 1 aromatic heterocycles. The second kappa shape index (κ2) is 7.83. The van der Waals surface area contributed by atoms with Crippen molar-refractivity contribution < 1.29 is 13.2 Å². The number of aryl methyl sites for hydroxylation is 1. The van der Waals surface area contributed by atoms with Gasteiger partial charge in [0.25, 0.3) is 0 Å². The SMILES string of the molecule is Cc1cc(NC(=O)Cc2ccc(-c3ccccc3)cc2)n([C@H]2CCS(=O)(=O)C2)n1. The molecule has 0 radical (unpaired) electrons. The van der Waals surface area contributed by atoms with Crippen LogP contribution in [0.5, 0.6) is 0 Å². The normalized spacial score (nSPS) is 17.9.